The van der Waals surface area contributed by atoms with Crippen molar-refractivity contribution in [1.29, 1.82) is 0 Å². The van der Waals surface area contributed by atoms with E-state index >= 15 is 0 Å². The molecular formula is C15H25N3. The molecule has 0 radical (unpaired) electrons. The van der Waals surface area contributed by atoms with Crippen LogP contribution < -0.4 is 5.73 Å². The smallest absolute Gasteiger partial charge is 0.0492 e. The highest BCUT2D eigenvalue weighted by Crippen LogP contribution is 2.49. The summed E-state index contributed by atoms with van der Waals surface area (Å²) in [7, 11) is 2.01. The summed E-state index contributed by atoms with van der Waals surface area (Å²) in [4.78, 5) is 0. The van der Waals surface area contributed by atoms with Crippen LogP contribution in [-0.2, 0) is 13.5 Å². The van der Waals surface area contributed by atoms with E-state index in [9.17, 15) is 0 Å². The second kappa shape index (κ2) is 5.04. The van der Waals surface area contributed by atoms with Crippen molar-refractivity contribution in [1.82, 2.24) is 9.78 Å². The molecule has 1 heterocycles. The van der Waals surface area contributed by atoms with E-state index < -0.39 is 0 Å². The molecule has 2 fully saturated rings. The lowest BCUT2D eigenvalue weighted by atomic mass is 9.83. The summed E-state index contributed by atoms with van der Waals surface area (Å²) < 4.78 is 1.96. The molecule has 2 bridgehead atoms. The lowest BCUT2D eigenvalue weighted by molar-refractivity contribution is 0.290. The summed E-state index contributed by atoms with van der Waals surface area (Å²) in [6.07, 6.45) is 11.2. The molecular weight excluding hydrogens is 222 g/mol. The molecule has 2 aliphatic rings. The average molecular weight is 247 g/mol. The van der Waals surface area contributed by atoms with Gasteiger partial charge in [-0.25, -0.2) is 0 Å². The van der Waals surface area contributed by atoms with Crippen LogP contribution >= 0.6 is 0 Å². The van der Waals surface area contributed by atoms with Crippen molar-refractivity contribution in [2.45, 2.75) is 51.0 Å². The van der Waals surface area contributed by atoms with Crippen LogP contribution in [0.1, 0.15) is 44.2 Å². The van der Waals surface area contributed by atoms with Gasteiger partial charge in [0.15, 0.2) is 0 Å². The fourth-order valence-corrected chi connectivity index (χ4v) is 4.15. The zero-order valence-corrected chi connectivity index (χ0v) is 11.4. The third kappa shape index (κ3) is 2.46. The minimum Gasteiger partial charge on any atom is -0.328 e. The summed E-state index contributed by atoms with van der Waals surface area (Å²) in [6, 6.07) is 2.48. The highest BCUT2D eigenvalue weighted by Gasteiger charge is 2.39. The number of rotatable bonds is 5. The molecule has 0 aliphatic heterocycles. The van der Waals surface area contributed by atoms with Gasteiger partial charge >= 0.3 is 0 Å². The third-order valence-corrected chi connectivity index (χ3v) is 5.18. The molecule has 2 aliphatic carbocycles. The monoisotopic (exact) mass is 247 g/mol. The van der Waals surface area contributed by atoms with Gasteiger partial charge in [0.1, 0.15) is 0 Å². The minimum atomic E-state index is 0.379. The van der Waals surface area contributed by atoms with E-state index in [0.29, 0.717) is 6.04 Å². The molecule has 0 amide bonds. The zero-order chi connectivity index (χ0) is 12.5. The first-order valence-corrected chi connectivity index (χ1v) is 7.45. The SMILES string of the molecule is Cn1nccc1CCC(N)CC1CC2CCC1C2. The highest BCUT2D eigenvalue weighted by atomic mass is 15.2. The van der Waals surface area contributed by atoms with Gasteiger partial charge in [-0.15, -0.1) is 0 Å². The van der Waals surface area contributed by atoms with Crippen molar-refractivity contribution in [3.05, 3.63) is 18.0 Å². The molecule has 0 spiro atoms. The Bertz CT molecular complexity index is 398. The second-order valence-corrected chi connectivity index (χ2v) is 6.42. The number of nitrogens with zero attached hydrogens (tertiary/aromatic N) is 2. The van der Waals surface area contributed by atoms with Crippen molar-refractivity contribution < 1.29 is 0 Å². The lowest BCUT2D eigenvalue weighted by Crippen LogP contribution is -2.26. The average Bonchev–Trinajstić information content (AvgIpc) is 3.03. The minimum absolute atomic E-state index is 0.379. The molecule has 2 N–H and O–H groups in total. The Morgan fingerprint density at radius 1 is 1.44 bits per heavy atom. The van der Waals surface area contributed by atoms with E-state index in [0.717, 1.165) is 30.6 Å². The van der Waals surface area contributed by atoms with E-state index in [1.807, 2.05) is 17.9 Å². The Labute approximate surface area is 110 Å². The van der Waals surface area contributed by atoms with E-state index in [4.69, 9.17) is 5.73 Å². The Balaban J connectivity index is 1.45. The summed E-state index contributed by atoms with van der Waals surface area (Å²) >= 11 is 0. The molecule has 1 aromatic rings. The molecule has 3 heteroatoms. The molecule has 0 aromatic carbocycles. The van der Waals surface area contributed by atoms with Crippen LogP contribution in [0.5, 0.6) is 0 Å². The molecule has 100 valence electrons. The number of hydrogen-bond acceptors (Lipinski definition) is 2. The van der Waals surface area contributed by atoms with Gasteiger partial charge < -0.3 is 5.73 Å². The van der Waals surface area contributed by atoms with Gasteiger partial charge in [-0.1, -0.05) is 6.42 Å². The van der Waals surface area contributed by atoms with Gasteiger partial charge in [-0.2, -0.15) is 5.10 Å². The van der Waals surface area contributed by atoms with Gasteiger partial charge in [0.2, 0.25) is 0 Å². The first-order chi connectivity index (χ1) is 8.72. The summed E-state index contributed by atoms with van der Waals surface area (Å²) in [5.74, 6) is 2.99. The highest BCUT2D eigenvalue weighted by molar-refractivity contribution is 5.00. The van der Waals surface area contributed by atoms with Crippen LogP contribution in [0, 0.1) is 17.8 Å². The maximum Gasteiger partial charge on any atom is 0.0492 e. The molecule has 3 nitrogen and oxygen atoms in total. The van der Waals surface area contributed by atoms with E-state index in [2.05, 4.69) is 11.2 Å². The molecule has 18 heavy (non-hydrogen) atoms. The third-order valence-electron chi connectivity index (χ3n) is 5.18. The molecule has 1 aromatic heterocycles. The standard InChI is InChI=1S/C15H25N3/c1-18-15(6-7-17-18)5-4-14(16)10-13-9-11-2-3-12(13)8-11/h6-7,11-14H,2-5,8-10,16H2,1H3. The Kier molecular flexibility index (Phi) is 3.42. The van der Waals surface area contributed by atoms with E-state index in [1.165, 1.54) is 37.8 Å². The lowest BCUT2D eigenvalue weighted by Gasteiger charge is -2.24. The maximum atomic E-state index is 6.32. The first-order valence-electron chi connectivity index (χ1n) is 7.45. The zero-order valence-electron chi connectivity index (χ0n) is 11.4. The Hall–Kier alpha value is -0.830. The van der Waals surface area contributed by atoms with Gasteiger partial charge in [-0.3, -0.25) is 4.68 Å². The fraction of sp³-hybridized carbons (Fsp3) is 0.800. The van der Waals surface area contributed by atoms with Crippen molar-refractivity contribution in [2.24, 2.45) is 30.5 Å². The van der Waals surface area contributed by atoms with Crippen LogP contribution in [0.15, 0.2) is 12.3 Å². The van der Waals surface area contributed by atoms with Gasteiger partial charge in [0.05, 0.1) is 0 Å². The molecule has 3 rings (SSSR count). The second-order valence-electron chi connectivity index (χ2n) is 6.42. The number of nitrogens with two attached hydrogens (primary N) is 1. The quantitative estimate of drug-likeness (QED) is 0.869. The first kappa shape index (κ1) is 12.2. The van der Waals surface area contributed by atoms with Crippen molar-refractivity contribution in [2.75, 3.05) is 0 Å². The normalized spacial score (nSPS) is 32.0. The fourth-order valence-electron chi connectivity index (χ4n) is 4.15. The van der Waals surface area contributed by atoms with Crippen LogP contribution in [0.3, 0.4) is 0 Å². The van der Waals surface area contributed by atoms with Crippen molar-refractivity contribution >= 4 is 0 Å². The number of aromatic nitrogens is 2. The van der Waals surface area contributed by atoms with Crippen LogP contribution in [-0.4, -0.2) is 15.8 Å². The van der Waals surface area contributed by atoms with E-state index in [-0.39, 0.29) is 0 Å². The number of hydrogen-bond donors (Lipinski definition) is 1. The molecule has 4 atom stereocenters. The summed E-state index contributed by atoms with van der Waals surface area (Å²) in [5.41, 5.74) is 7.63. The van der Waals surface area contributed by atoms with Crippen molar-refractivity contribution in [3.63, 3.8) is 0 Å². The predicted octanol–water partition coefficient (Wildman–Crippen LogP) is 2.51. The van der Waals surface area contributed by atoms with E-state index in [1.54, 1.807) is 0 Å². The Morgan fingerprint density at radius 2 is 2.33 bits per heavy atom. The molecule has 4 unspecified atom stereocenters. The molecule has 2 saturated carbocycles. The number of fused-ring (bicyclic) bond motifs is 2. The van der Waals surface area contributed by atoms with Gasteiger partial charge in [0, 0.05) is 25.0 Å². The summed E-state index contributed by atoms with van der Waals surface area (Å²) in [6.45, 7) is 0. The summed E-state index contributed by atoms with van der Waals surface area (Å²) in [5, 5.41) is 4.20. The van der Waals surface area contributed by atoms with Crippen LogP contribution in [0.4, 0.5) is 0 Å². The number of aryl methyl sites for hydroxylation is 2. The van der Waals surface area contributed by atoms with Crippen LogP contribution in [0.2, 0.25) is 0 Å². The molecule has 0 saturated heterocycles. The van der Waals surface area contributed by atoms with Crippen molar-refractivity contribution in [3.8, 4) is 0 Å². The predicted molar refractivity (Wildman–Crippen MR) is 73.1 cm³/mol. The van der Waals surface area contributed by atoms with Gasteiger partial charge in [0.25, 0.3) is 0 Å². The Morgan fingerprint density at radius 3 is 2.94 bits per heavy atom. The largest absolute Gasteiger partial charge is 0.328 e. The van der Waals surface area contributed by atoms with Crippen LogP contribution in [0.25, 0.3) is 0 Å². The maximum absolute atomic E-state index is 6.32. The van der Waals surface area contributed by atoms with Gasteiger partial charge in [-0.05, 0) is 62.3 Å². The topological polar surface area (TPSA) is 43.8 Å².